The lowest BCUT2D eigenvalue weighted by Crippen LogP contribution is -2.22. The van der Waals surface area contributed by atoms with Gasteiger partial charge < -0.3 is 16.2 Å². The van der Waals surface area contributed by atoms with Gasteiger partial charge in [0.15, 0.2) is 0 Å². The van der Waals surface area contributed by atoms with Gasteiger partial charge in [-0.05, 0) is 12.1 Å². The Labute approximate surface area is 75.5 Å². The summed E-state index contributed by atoms with van der Waals surface area (Å²) in [6.07, 6.45) is 0.681. The van der Waals surface area contributed by atoms with Gasteiger partial charge in [0.1, 0.15) is 11.6 Å². The van der Waals surface area contributed by atoms with E-state index in [9.17, 15) is 4.39 Å². The Bertz CT molecular complexity index is 341. The summed E-state index contributed by atoms with van der Waals surface area (Å²) in [4.78, 5) is 0. The first kappa shape index (κ1) is 8.31. The summed E-state index contributed by atoms with van der Waals surface area (Å²) in [6, 6.07) is 2.66. The van der Waals surface area contributed by atoms with E-state index >= 15 is 0 Å². The van der Waals surface area contributed by atoms with Gasteiger partial charge >= 0.3 is 0 Å². The number of nitrogen functional groups attached to an aromatic ring is 1. The highest BCUT2D eigenvalue weighted by Crippen LogP contribution is 2.35. The summed E-state index contributed by atoms with van der Waals surface area (Å²) in [5.41, 5.74) is 12.1. The zero-order chi connectivity index (χ0) is 9.42. The fraction of sp³-hybridized carbons (Fsp3) is 0.333. The van der Waals surface area contributed by atoms with Gasteiger partial charge in [0.05, 0.1) is 12.3 Å². The van der Waals surface area contributed by atoms with E-state index < -0.39 is 5.82 Å². The lowest BCUT2D eigenvalue weighted by molar-refractivity contribution is 0.269. The molecule has 4 N–H and O–H groups in total. The number of hydrogen-bond donors (Lipinski definition) is 2. The van der Waals surface area contributed by atoms with Gasteiger partial charge in [-0.1, -0.05) is 0 Å². The molecule has 70 valence electrons. The van der Waals surface area contributed by atoms with E-state index in [0.29, 0.717) is 24.3 Å². The van der Waals surface area contributed by atoms with Crippen LogP contribution in [0.3, 0.4) is 0 Å². The largest absolute Gasteiger partial charge is 0.493 e. The van der Waals surface area contributed by atoms with Crippen LogP contribution in [0.5, 0.6) is 5.75 Å². The normalized spacial score (nSPS) is 20.6. The SMILES string of the molecule is Nc1c(F)ccc2c1C(N)CCO2. The maximum atomic E-state index is 13.0. The molecule has 1 atom stereocenters. The molecule has 3 nitrogen and oxygen atoms in total. The van der Waals surface area contributed by atoms with E-state index in [4.69, 9.17) is 16.2 Å². The second-order valence-corrected chi connectivity index (χ2v) is 3.12. The molecule has 0 radical (unpaired) electrons. The monoisotopic (exact) mass is 182 g/mol. The molecule has 0 saturated heterocycles. The van der Waals surface area contributed by atoms with Crippen molar-refractivity contribution in [3.05, 3.63) is 23.5 Å². The quantitative estimate of drug-likeness (QED) is 0.592. The molecule has 0 aliphatic carbocycles. The van der Waals surface area contributed by atoms with Crippen molar-refractivity contribution in [2.24, 2.45) is 5.73 Å². The lowest BCUT2D eigenvalue weighted by Gasteiger charge is -2.24. The molecule has 1 unspecified atom stereocenters. The van der Waals surface area contributed by atoms with E-state index in [-0.39, 0.29) is 11.7 Å². The van der Waals surface area contributed by atoms with E-state index in [1.807, 2.05) is 0 Å². The zero-order valence-corrected chi connectivity index (χ0v) is 7.09. The topological polar surface area (TPSA) is 61.3 Å². The molecule has 4 heteroatoms. The predicted molar refractivity (Wildman–Crippen MR) is 47.9 cm³/mol. The number of benzene rings is 1. The number of ether oxygens (including phenoxy) is 1. The molecule has 0 aromatic heterocycles. The number of rotatable bonds is 0. The van der Waals surface area contributed by atoms with E-state index in [0.717, 1.165) is 0 Å². The molecular formula is C9H11FN2O. The van der Waals surface area contributed by atoms with Crippen molar-refractivity contribution >= 4 is 5.69 Å². The van der Waals surface area contributed by atoms with Crippen molar-refractivity contribution in [3.8, 4) is 5.75 Å². The smallest absolute Gasteiger partial charge is 0.146 e. The van der Waals surface area contributed by atoms with E-state index in [2.05, 4.69) is 0 Å². The fourth-order valence-corrected chi connectivity index (χ4v) is 1.54. The summed E-state index contributed by atoms with van der Waals surface area (Å²) in [5.74, 6) is 0.178. The van der Waals surface area contributed by atoms with Crippen molar-refractivity contribution in [2.45, 2.75) is 12.5 Å². The Balaban J connectivity index is 2.58. The third-order valence-corrected chi connectivity index (χ3v) is 2.25. The maximum Gasteiger partial charge on any atom is 0.146 e. The van der Waals surface area contributed by atoms with Gasteiger partial charge in [-0.25, -0.2) is 4.39 Å². The number of fused-ring (bicyclic) bond motifs is 1. The second-order valence-electron chi connectivity index (χ2n) is 3.12. The first-order valence-corrected chi connectivity index (χ1v) is 4.16. The number of hydrogen-bond acceptors (Lipinski definition) is 3. The van der Waals surface area contributed by atoms with Gasteiger partial charge in [0.2, 0.25) is 0 Å². The first-order valence-electron chi connectivity index (χ1n) is 4.16. The molecule has 0 saturated carbocycles. The van der Waals surface area contributed by atoms with Gasteiger partial charge in [-0.3, -0.25) is 0 Å². The van der Waals surface area contributed by atoms with Crippen LogP contribution in [0.25, 0.3) is 0 Å². The van der Waals surface area contributed by atoms with Crippen molar-refractivity contribution in [1.82, 2.24) is 0 Å². The van der Waals surface area contributed by atoms with Crippen LogP contribution < -0.4 is 16.2 Å². The Morgan fingerprint density at radius 1 is 1.46 bits per heavy atom. The molecule has 1 aliphatic heterocycles. The first-order chi connectivity index (χ1) is 6.20. The molecule has 1 aliphatic rings. The maximum absolute atomic E-state index is 13.0. The minimum atomic E-state index is -0.431. The lowest BCUT2D eigenvalue weighted by atomic mass is 9.99. The highest BCUT2D eigenvalue weighted by molar-refractivity contribution is 5.57. The summed E-state index contributed by atoms with van der Waals surface area (Å²) >= 11 is 0. The molecule has 0 amide bonds. The van der Waals surface area contributed by atoms with Crippen molar-refractivity contribution in [2.75, 3.05) is 12.3 Å². The summed E-state index contributed by atoms with van der Waals surface area (Å²) in [5, 5.41) is 0. The highest BCUT2D eigenvalue weighted by atomic mass is 19.1. The van der Waals surface area contributed by atoms with Crippen LogP contribution in [0.4, 0.5) is 10.1 Å². The number of halogens is 1. The molecular weight excluding hydrogens is 171 g/mol. The van der Waals surface area contributed by atoms with Crippen LogP contribution in [0.15, 0.2) is 12.1 Å². The van der Waals surface area contributed by atoms with Gasteiger partial charge in [-0.15, -0.1) is 0 Å². The highest BCUT2D eigenvalue weighted by Gasteiger charge is 2.22. The molecule has 1 aromatic carbocycles. The molecule has 1 heterocycles. The minimum absolute atomic E-state index is 0.115. The third-order valence-electron chi connectivity index (χ3n) is 2.25. The van der Waals surface area contributed by atoms with Crippen LogP contribution in [0.1, 0.15) is 18.0 Å². The second kappa shape index (κ2) is 2.88. The Morgan fingerprint density at radius 3 is 3.00 bits per heavy atom. The average molecular weight is 182 g/mol. The fourth-order valence-electron chi connectivity index (χ4n) is 1.54. The van der Waals surface area contributed by atoms with Crippen LogP contribution in [-0.2, 0) is 0 Å². The molecule has 0 bridgehead atoms. The third kappa shape index (κ3) is 1.23. The van der Waals surface area contributed by atoms with Gasteiger partial charge in [0.25, 0.3) is 0 Å². The standard InChI is InChI=1S/C9H11FN2O/c10-5-1-2-7-8(9(5)12)6(11)3-4-13-7/h1-2,6H,3-4,11-12H2. The number of anilines is 1. The average Bonchev–Trinajstić information content (AvgIpc) is 2.12. The molecule has 2 rings (SSSR count). The van der Waals surface area contributed by atoms with Crippen molar-refractivity contribution in [1.29, 1.82) is 0 Å². The summed E-state index contributed by atoms with van der Waals surface area (Å²) in [6.45, 7) is 0.569. The summed E-state index contributed by atoms with van der Waals surface area (Å²) < 4.78 is 18.3. The van der Waals surface area contributed by atoms with Crippen LogP contribution in [0, 0.1) is 5.82 Å². The minimum Gasteiger partial charge on any atom is -0.493 e. The predicted octanol–water partition coefficient (Wildman–Crippen LogP) is 1.19. The van der Waals surface area contributed by atoms with Gasteiger partial charge in [-0.2, -0.15) is 0 Å². The van der Waals surface area contributed by atoms with Crippen molar-refractivity contribution < 1.29 is 9.13 Å². The van der Waals surface area contributed by atoms with Crippen LogP contribution in [-0.4, -0.2) is 6.61 Å². The zero-order valence-electron chi connectivity index (χ0n) is 7.09. The van der Waals surface area contributed by atoms with Gasteiger partial charge in [0, 0.05) is 18.0 Å². The van der Waals surface area contributed by atoms with Crippen LogP contribution in [0.2, 0.25) is 0 Å². The molecule has 13 heavy (non-hydrogen) atoms. The Hall–Kier alpha value is -1.29. The Kier molecular flexibility index (Phi) is 1.84. The van der Waals surface area contributed by atoms with Crippen molar-refractivity contribution in [3.63, 3.8) is 0 Å². The summed E-state index contributed by atoms with van der Waals surface area (Å²) in [7, 11) is 0. The van der Waals surface area contributed by atoms with Crippen LogP contribution >= 0.6 is 0 Å². The molecule has 0 spiro atoms. The van der Waals surface area contributed by atoms with E-state index in [1.165, 1.54) is 6.07 Å². The molecule has 0 fully saturated rings. The Morgan fingerprint density at radius 2 is 2.23 bits per heavy atom. The van der Waals surface area contributed by atoms with E-state index in [1.54, 1.807) is 6.07 Å². The number of nitrogens with two attached hydrogens (primary N) is 2. The molecule has 1 aromatic rings.